The van der Waals surface area contributed by atoms with E-state index < -0.39 is 0 Å². The standard InChI is InChI=1S/C21H28/c1-14-9-11-21(4)16(13-14)6-7-17-18-8-5-15(2)20(18,3)12-10-19(17)21/h10,13,17-18H,1-2,5-9,11-12H2,3-4H3. The Morgan fingerprint density at radius 1 is 1.10 bits per heavy atom. The van der Waals surface area contributed by atoms with Gasteiger partial charge in [0.05, 0.1) is 0 Å². The molecule has 4 unspecified atom stereocenters. The van der Waals surface area contributed by atoms with Gasteiger partial charge in [-0.3, -0.25) is 0 Å². The minimum atomic E-state index is 0.343. The number of hydrogen-bond donors (Lipinski definition) is 0. The highest BCUT2D eigenvalue weighted by atomic mass is 14.6. The van der Waals surface area contributed by atoms with Crippen molar-refractivity contribution in [3.8, 4) is 0 Å². The van der Waals surface area contributed by atoms with Gasteiger partial charge in [-0.15, -0.1) is 0 Å². The van der Waals surface area contributed by atoms with Gasteiger partial charge in [-0.2, -0.15) is 0 Å². The van der Waals surface area contributed by atoms with Crippen LogP contribution < -0.4 is 0 Å². The molecule has 0 heteroatoms. The van der Waals surface area contributed by atoms with E-state index in [9.17, 15) is 0 Å². The Bertz CT molecular complexity index is 587. The van der Waals surface area contributed by atoms with Crippen LogP contribution >= 0.6 is 0 Å². The molecule has 4 rings (SSSR count). The first-order valence-corrected chi connectivity index (χ1v) is 8.73. The van der Waals surface area contributed by atoms with Crippen molar-refractivity contribution in [2.75, 3.05) is 0 Å². The maximum absolute atomic E-state index is 4.40. The summed E-state index contributed by atoms with van der Waals surface area (Å²) in [7, 11) is 0. The number of rotatable bonds is 0. The average molecular weight is 280 g/mol. The second-order valence-electron chi connectivity index (χ2n) is 8.33. The minimum Gasteiger partial charge on any atom is -0.0993 e. The molecular weight excluding hydrogens is 252 g/mol. The number of hydrogen-bond acceptors (Lipinski definition) is 0. The fourth-order valence-electron chi connectivity index (χ4n) is 5.86. The largest absolute Gasteiger partial charge is 0.0993 e. The molecule has 4 atom stereocenters. The third-order valence-corrected chi connectivity index (χ3v) is 7.41. The average Bonchev–Trinajstić information content (AvgIpc) is 2.76. The third kappa shape index (κ3) is 1.68. The quantitative estimate of drug-likeness (QED) is 0.479. The predicted molar refractivity (Wildman–Crippen MR) is 90.0 cm³/mol. The van der Waals surface area contributed by atoms with E-state index in [-0.39, 0.29) is 0 Å². The Morgan fingerprint density at radius 2 is 1.90 bits per heavy atom. The Labute approximate surface area is 129 Å². The smallest absolute Gasteiger partial charge is 0.0101 e. The highest BCUT2D eigenvalue weighted by molar-refractivity contribution is 5.43. The van der Waals surface area contributed by atoms with Crippen molar-refractivity contribution in [1.82, 2.24) is 0 Å². The summed E-state index contributed by atoms with van der Waals surface area (Å²) in [6.07, 6.45) is 14.0. The third-order valence-electron chi connectivity index (χ3n) is 7.41. The van der Waals surface area contributed by atoms with Gasteiger partial charge in [0, 0.05) is 5.41 Å². The molecule has 2 saturated carbocycles. The van der Waals surface area contributed by atoms with E-state index in [1.54, 1.807) is 11.1 Å². The molecule has 0 radical (unpaired) electrons. The Balaban J connectivity index is 1.78. The summed E-state index contributed by atoms with van der Waals surface area (Å²) in [5.74, 6) is 1.67. The van der Waals surface area contributed by atoms with Crippen LogP contribution in [0.15, 0.2) is 47.6 Å². The van der Waals surface area contributed by atoms with Crippen molar-refractivity contribution >= 4 is 0 Å². The topological polar surface area (TPSA) is 0 Å². The van der Waals surface area contributed by atoms with Gasteiger partial charge >= 0.3 is 0 Å². The first kappa shape index (κ1) is 13.6. The molecule has 0 amide bonds. The van der Waals surface area contributed by atoms with Gasteiger partial charge in [0.25, 0.3) is 0 Å². The van der Waals surface area contributed by atoms with Crippen molar-refractivity contribution in [2.45, 2.75) is 58.8 Å². The van der Waals surface area contributed by atoms with E-state index >= 15 is 0 Å². The summed E-state index contributed by atoms with van der Waals surface area (Å²) < 4.78 is 0. The molecular formula is C21H28. The van der Waals surface area contributed by atoms with E-state index in [1.165, 1.54) is 56.1 Å². The van der Waals surface area contributed by atoms with Crippen LogP contribution in [-0.4, -0.2) is 0 Å². The highest BCUT2D eigenvalue weighted by Gasteiger charge is 2.53. The lowest BCUT2D eigenvalue weighted by molar-refractivity contribution is 0.144. The van der Waals surface area contributed by atoms with Gasteiger partial charge in [0.15, 0.2) is 0 Å². The van der Waals surface area contributed by atoms with Crippen LogP contribution in [0.3, 0.4) is 0 Å². The van der Waals surface area contributed by atoms with Gasteiger partial charge in [-0.1, -0.05) is 61.4 Å². The molecule has 0 aromatic rings. The Morgan fingerprint density at radius 3 is 2.71 bits per heavy atom. The monoisotopic (exact) mass is 280 g/mol. The lowest BCUT2D eigenvalue weighted by atomic mass is 9.51. The molecule has 0 nitrogen and oxygen atoms in total. The molecule has 4 aliphatic rings. The lowest BCUT2D eigenvalue weighted by Crippen LogP contribution is -2.42. The van der Waals surface area contributed by atoms with Gasteiger partial charge in [0.1, 0.15) is 0 Å². The van der Waals surface area contributed by atoms with Crippen molar-refractivity contribution < 1.29 is 0 Å². The fraction of sp³-hybridized carbons (Fsp3) is 0.619. The van der Waals surface area contributed by atoms with Crippen LogP contribution in [0.25, 0.3) is 0 Å². The van der Waals surface area contributed by atoms with E-state index in [4.69, 9.17) is 0 Å². The van der Waals surface area contributed by atoms with Crippen molar-refractivity contribution in [3.63, 3.8) is 0 Å². The Hall–Kier alpha value is -1.04. The maximum atomic E-state index is 4.40. The van der Waals surface area contributed by atoms with Crippen molar-refractivity contribution in [2.24, 2.45) is 22.7 Å². The maximum Gasteiger partial charge on any atom is 0.0101 e. The molecule has 0 heterocycles. The van der Waals surface area contributed by atoms with Crippen LogP contribution in [0.5, 0.6) is 0 Å². The summed E-state index contributed by atoms with van der Waals surface area (Å²) in [6.45, 7) is 13.6. The summed E-state index contributed by atoms with van der Waals surface area (Å²) >= 11 is 0. The van der Waals surface area contributed by atoms with Crippen molar-refractivity contribution in [3.05, 3.63) is 47.6 Å². The van der Waals surface area contributed by atoms with Gasteiger partial charge in [0.2, 0.25) is 0 Å². The molecule has 0 saturated heterocycles. The SMILES string of the molecule is C=C1C=C2CCC3C(=CCC4(C)C(=C)CCC34)C2(C)CC1. The van der Waals surface area contributed by atoms with Gasteiger partial charge in [-0.05, 0) is 62.2 Å². The van der Waals surface area contributed by atoms with E-state index in [2.05, 4.69) is 39.2 Å². The van der Waals surface area contributed by atoms with Crippen molar-refractivity contribution in [1.29, 1.82) is 0 Å². The molecule has 0 N–H and O–H groups in total. The Kier molecular flexibility index (Phi) is 2.75. The zero-order valence-corrected chi connectivity index (χ0v) is 13.7. The molecule has 0 bridgehead atoms. The van der Waals surface area contributed by atoms with E-state index in [0.29, 0.717) is 10.8 Å². The predicted octanol–water partition coefficient (Wildman–Crippen LogP) is 5.98. The van der Waals surface area contributed by atoms with E-state index in [0.717, 1.165) is 11.8 Å². The van der Waals surface area contributed by atoms with Gasteiger partial charge < -0.3 is 0 Å². The second kappa shape index (κ2) is 4.24. The molecule has 21 heavy (non-hydrogen) atoms. The molecule has 112 valence electrons. The molecule has 0 spiro atoms. The van der Waals surface area contributed by atoms with Crippen LogP contribution in [0.1, 0.15) is 58.8 Å². The molecule has 4 aliphatic carbocycles. The zero-order chi connectivity index (χ0) is 14.8. The highest BCUT2D eigenvalue weighted by Crippen LogP contribution is 2.64. The number of allylic oxidation sites excluding steroid dienone is 6. The summed E-state index contributed by atoms with van der Waals surface area (Å²) in [5.41, 5.74) is 7.05. The normalized spacial score (nSPS) is 45.4. The molecule has 0 aromatic carbocycles. The molecule has 2 fully saturated rings. The molecule has 0 aliphatic heterocycles. The van der Waals surface area contributed by atoms with Crippen LogP contribution in [0.2, 0.25) is 0 Å². The fourth-order valence-corrected chi connectivity index (χ4v) is 5.86. The molecule has 0 aromatic heterocycles. The minimum absolute atomic E-state index is 0.343. The van der Waals surface area contributed by atoms with Crippen LogP contribution in [-0.2, 0) is 0 Å². The summed E-state index contributed by atoms with van der Waals surface area (Å²) in [6, 6.07) is 0. The summed E-state index contributed by atoms with van der Waals surface area (Å²) in [5, 5.41) is 0. The van der Waals surface area contributed by atoms with E-state index in [1.807, 2.05) is 0 Å². The lowest BCUT2D eigenvalue weighted by Gasteiger charge is -2.53. The van der Waals surface area contributed by atoms with Gasteiger partial charge in [-0.25, -0.2) is 0 Å². The van der Waals surface area contributed by atoms with Crippen LogP contribution in [0.4, 0.5) is 0 Å². The second-order valence-corrected chi connectivity index (χ2v) is 8.33. The zero-order valence-electron chi connectivity index (χ0n) is 13.7. The number of fused-ring (bicyclic) bond motifs is 5. The van der Waals surface area contributed by atoms with Crippen LogP contribution in [0, 0.1) is 22.7 Å². The summed E-state index contributed by atoms with van der Waals surface area (Å²) in [4.78, 5) is 0. The first-order chi connectivity index (χ1) is 9.95. The first-order valence-electron chi connectivity index (χ1n) is 8.73.